The van der Waals surface area contributed by atoms with Gasteiger partial charge in [-0.3, -0.25) is 5.43 Å². The van der Waals surface area contributed by atoms with Crippen LogP contribution in [0.1, 0.15) is 15.1 Å². The van der Waals surface area contributed by atoms with Crippen LogP contribution in [0.2, 0.25) is 0 Å². The maximum atomic E-state index is 12.5. The number of hydrogen-bond acceptors (Lipinski definition) is 2. The molecule has 0 heterocycles. The van der Waals surface area contributed by atoms with Crippen molar-refractivity contribution in [3.63, 3.8) is 0 Å². The van der Waals surface area contributed by atoms with E-state index in [4.69, 9.17) is 17.3 Å². The normalized spacial score (nSPS) is 12.6. The van der Waals surface area contributed by atoms with Gasteiger partial charge in [-0.15, -0.1) is 0 Å². The Hall–Kier alpha value is -1.10. The molecule has 0 saturated carbocycles. The van der Waals surface area contributed by atoms with E-state index >= 15 is 0 Å². The highest BCUT2D eigenvalue weighted by molar-refractivity contribution is 14.1. The van der Waals surface area contributed by atoms with E-state index in [1.54, 1.807) is 0 Å². The first-order valence-corrected chi connectivity index (χ1v) is 6.47. The molecule has 0 bridgehead atoms. The van der Waals surface area contributed by atoms with Crippen LogP contribution in [0, 0.1) is 0 Å². The Morgan fingerprint density at radius 1 is 1.37 bits per heavy atom. The molecule has 1 amide bonds. The third-order valence-electron chi connectivity index (χ3n) is 2.03. The van der Waals surface area contributed by atoms with Gasteiger partial charge in [0, 0.05) is 0 Å². The van der Waals surface area contributed by atoms with E-state index in [1.165, 1.54) is 12.1 Å². The molecule has 4 nitrogen and oxygen atoms in total. The van der Waals surface area contributed by atoms with Gasteiger partial charge < -0.3 is 5.11 Å². The summed E-state index contributed by atoms with van der Waals surface area (Å²) in [5.74, 6) is 0. The number of amides is 1. The molecule has 9 heteroatoms. The van der Waals surface area contributed by atoms with Crippen LogP contribution in [0.15, 0.2) is 24.3 Å². The van der Waals surface area contributed by atoms with Crippen molar-refractivity contribution in [2.75, 3.05) is 0 Å². The van der Waals surface area contributed by atoms with Crippen LogP contribution in [0.5, 0.6) is 0 Å². The van der Waals surface area contributed by atoms with Crippen molar-refractivity contribution in [3.8, 4) is 0 Å². The van der Waals surface area contributed by atoms with Crippen molar-refractivity contribution in [1.29, 1.82) is 0 Å². The van der Waals surface area contributed by atoms with Crippen LogP contribution < -0.4 is 10.9 Å². The molecule has 1 unspecified atom stereocenters. The fourth-order valence-corrected chi connectivity index (χ4v) is 1.93. The van der Waals surface area contributed by atoms with E-state index in [1.807, 2.05) is 28.0 Å². The van der Waals surface area contributed by atoms with Crippen LogP contribution in [0.4, 0.5) is 18.0 Å². The lowest BCUT2D eigenvalue weighted by molar-refractivity contribution is -0.137. The average Bonchev–Trinajstić information content (AvgIpc) is 2.34. The van der Waals surface area contributed by atoms with Crippen molar-refractivity contribution >= 4 is 45.9 Å². The molecule has 3 N–H and O–H groups in total. The van der Waals surface area contributed by atoms with Gasteiger partial charge in [0.05, 0.1) is 9.49 Å². The maximum Gasteiger partial charge on any atom is 0.423 e. The molecule has 1 aromatic carbocycles. The smallest absolute Gasteiger partial charge is 0.423 e. The summed E-state index contributed by atoms with van der Waals surface area (Å²) >= 11 is 6.71. The quantitative estimate of drug-likeness (QED) is 0.307. The number of carbonyl (C=O) groups is 1. The lowest BCUT2D eigenvalue weighted by Gasteiger charge is -2.15. The first-order valence-electron chi connectivity index (χ1n) is 4.82. The number of alkyl halides is 4. The number of hydrogen-bond donors (Lipinski definition) is 3. The number of thiocarbonyl (C=S) groups is 1. The van der Waals surface area contributed by atoms with Crippen LogP contribution in [0.3, 0.4) is 0 Å². The second kappa shape index (κ2) is 6.37. The molecule has 0 radical (unpaired) electrons. The van der Waals surface area contributed by atoms with Gasteiger partial charge in [-0.2, -0.15) is 13.2 Å². The Kier molecular flexibility index (Phi) is 5.35. The number of halogens is 4. The largest absolute Gasteiger partial charge is 0.464 e. The van der Waals surface area contributed by atoms with Crippen molar-refractivity contribution in [2.24, 2.45) is 0 Å². The van der Waals surface area contributed by atoms with Crippen molar-refractivity contribution in [3.05, 3.63) is 35.4 Å². The monoisotopic (exact) mass is 404 g/mol. The summed E-state index contributed by atoms with van der Waals surface area (Å²) in [5.41, 5.74) is 3.63. The van der Waals surface area contributed by atoms with Gasteiger partial charge in [-0.05, 0) is 11.6 Å². The summed E-state index contributed by atoms with van der Waals surface area (Å²) in [6.45, 7) is 0. The summed E-state index contributed by atoms with van der Waals surface area (Å²) in [5, 5.41) is 8.38. The minimum absolute atomic E-state index is 0.0716. The van der Waals surface area contributed by atoms with Crippen molar-refractivity contribution in [2.45, 2.75) is 10.1 Å². The highest BCUT2D eigenvalue weighted by Gasteiger charge is 2.31. The van der Waals surface area contributed by atoms with Gasteiger partial charge in [0.15, 0.2) is 0 Å². The average molecular weight is 404 g/mol. The van der Waals surface area contributed by atoms with E-state index in [2.05, 4.69) is 5.43 Å². The molecule has 0 aromatic heterocycles. The SMILES string of the molecule is O=C(O)NNC(=S)C(I)c1cccc(C(F)(F)F)c1. The van der Waals surface area contributed by atoms with E-state index in [9.17, 15) is 18.0 Å². The molecule has 1 aromatic rings. The molecule has 0 spiro atoms. The molecular formula is C10H8F3IN2O2S. The molecule has 0 aliphatic heterocycles. The minimum atomic E-state index is -4.43. The standard InChI is InChI=1S/C10H8F3IN2O2S/c11-10(12,13)6-3-1-2-5(4-6)7(14)8(19)15-16-9(17)18/h1-4,7,16H,(H,15,19)(H,17,18). The topological polar surface area (TPSA) is 61.4 Å². The Morgan fingerprint density at radius 2 is 2.00 bits per heavy atom. The summed E-state index contributed by atoms with van der Waals surface area (Å²) < 4.78 is 37.1. The van der Waals surface area contributed by atoms with Crippen LogP contribution in [0.25, 0.3) is 0 Å². The molecule has 1 atom stereocenters. The van der Waals surface area contributed by atoms with Crippen LogP contribution in [-0.2, 0) is 6.18 Å². The fraction of sp³-hybridized carbons (Fsp3) is 0.200. The highest BCUT2D eigenvalue weighted by atomic mass is 127. The first kappa shape index (κ1) is 16.0. The summed E-state index contributed by atoms with van der Waals surface area (Å²) in [6.07, 6.45) is -5.77. The molecule has 0 saturated heterocycles. The van der Waals surface area contributed by atoms with Crippen LogP contribution in [-0.4, -0.2) is 16.2 Å². The van der Waals surface area contributed by atoms with E-state index in [0.29, 0.717) is 5.56 Å². The Balaban J connectivity index is 2.85. The third kappa shape index (κ3) is 4.82. The van der Waals surface area contributed by atoms with Gasteiger partial charge in [-0.1, -0.05) is 53.0 Å². The van der Waals surface area contributed by atoms with Gasteiger partial charge in [0.1, 0.15) is 4.99 Å². The first-order chi connectivity index (χ1) is 8.71. The predicted octanol–water partition coefficient (Wildman–Crippen LogP) is 3.28. The molecule has 0 fully saturated rings. The lowest BCUT2D eigenvalue weighted by atomic mass is 10.1. The molecule has 19 heavy (non-hydrogen) atoms. The third-order valence-corrected chi connectivity index (χ3v) is 4.13. The molecule has 0 aliphatic rings. The second-order valence-electron chi connectivity index (χ2n) is 3.41. The zero-order chi connectivity index (χ0) is 14.6. The Morgan fingerprint density at radius 3 is 2.53 bits per heavy atom. The molecular weight excluding hydrogens is 396 g/mol. The molecule has 0 aliphatic carbocycles. The van der Waals surface area contributed by atoms with E-state index in [0.717, 1.165) is 12.1 Å². The van der Waals surface area contributed by atoms with Gasteiger partial charge in [0.2, 0.25) is 0 Å². The molecule has 1 rings (SSSR count). The maximum absolute atomic E-state index is 12.5. The highest BCUT2D eigenvalue weighted by Crippen LogP contribution is 2.32. The van der Waals surface area contributed by atoms with Gasteiger partial charge in [0.25, 0.3) is 0 Å². The number of benzene rings is 1. The predicted molar refractivity (Wildman–Crippen MR) is 75.1 cm³/mol. The Labute approximate surface area is 125 Å². The van der Waals surface area contributed by atoms with E-state index < -0.39 is 21.8 Å². The number of carboxylic acid groups (broad SMARTS) is 1. The minimum Gasteiger partial charge on any atom is -0.464 e. The Bertz CT molecular complexity index is 496. The number of rotatable bonds is 2. The van der Waals surface area contributed by atoms with Crippen molar-refractivity contribution < 1.29 is 23.1 Å². The van der Waals surface area contributed by atoms with Gasteiger partial charge >= 0.3 is 12.3 Å². The van der Waals surface area contributed by atoms with Crippen LogP contribution >= 0.6 is 34.8 Å². The zero-order valence-corrected chi connectivity index (χ0v) is 12.1. The van der Waals surface area contributed by atoms with Gasteiger partial charge in [-0.25, -0.2) is 10.2 Å². The fourth-order valence-electron chi connectivity index (χ4n) is 1.20. The zero-order valence-electron chi connectivity index (χ0n) is 9.16. The number of hydrazine groups is 1. The summed E-state index contributed by atoms with van der Waals surface area (Å²) in [7, 11) is 0. The summed E-state index contributed by atoms with van der Waals surface area (Å²) in [4.78, 5) is 10.3. The lowest BCUT2D eigenvalue weighted by Crippen LogP contribution is -2.41. The van der Waals surface area contributed by atoms with E-state index in [-0.39, 0.29) is 4.99 Å². The number of nitrogens with one attached hydrogen (secondary N) is 2. The molecule has 104 valence electrons. The summed E-state index contributed by atoms with van der Waals surface area (Å²) in [6, 6.07) is 4.70. The second-order valence-corrected chi connectivity index (χ2v) is 5.09. The van der Waals surface area contributed by atoms with Crippen molar-refractivity contribution in [1.82, 2.24) is 10.9 Å².